The van der Waals surface area contributed by atoms with Crippen molar-refractivity contribution in [2.75, 3.05) is 18.4 Å². The van der Waals surface area contributed by atoms with Crippen molar-refractivity contribution in [3.63, 3.8) is 0 Å². The molecule has 1 saturated carbocycles. The molecule has 7 heteroatoms. The predicted molar refractivity (Wildman–Crippen MR) is 102 cm³/mol. The fourth-order valence-corrected chi connectivity index (χ4v) is 4.27. The molecule has 0 radical (unpaired) electrons. The number of piperidine rings is 1. The molecule has 2 atom stereocenters. The Labute approximate surface area is 156 Å². The fourth-order valence-electron chi connectivity index (χ4n) is 4.27. The zero-order chi connectivity index (χ0) is 18.7. The zero-order valence-corrected chi connectivity index (χ0v) is 16.2. The van der Waals surface area contributed by atoms with Crippen LogP contribution in [0.15, 0.2) is 6.20 Å². The third-order valence-corrected chi connectivity index (χ3v) is 5.68. The molecule has 2 fully saturated rings. The average Bonchev–Trinajstić information content (AvgIpc) is 2.96. The topological polar surface area (TPSA) is 82.4 Å². The molecule has 1 aliphatic carbocycles. The second kappa shape index (κ2) is 8.39. The van der Waals surface area contributed by atoms with Crippen molar-refractivity contribution in [1.29, 1.82) is 0 Å². The number of carbonyl (C=O) groups is 1. The Hall–Kier alpha value is -1.60. The minimum absolute atomic E-state index is 0.156. The highest BCUT2D eigenvalue weighted by atomic mass is 16.3. The first-order valence-electron chi connectivity index (χ1n) is 9.97. The van der Waals surface area contributed by atoms with Crippen molar-refractivity contribution in [3.05, 3.63) is 11.9 Å². The Morgan fingerprint density at radius 2 is 1.92 bits per heavy atom. The van der Waals surface area contributed by atoms with Gasteiger partial charge in [-0.15, -0.1) is 0 Å². The second-order valence-electron chi connectivity index (χ2n) is 8.08. The molecule has 26 heavy (non-hydrogen) atoms. The van der Waals surface area contributed by atoms with Crippen molar-refractivity contribution in [1.82, 2.24) is 20.0 Å². The summed E-state index contributed by atoms with van der Waals surface area (Å²) in [5.41, 5.74) is 1.69. The summed E-state index contributed by atoms with van der Waals surface area (Å²) >= 11 is 0. The quantitative estimate of drug-likeness (QED) is 0.767. The van der Waals surface area contributed by atoms with E-state index in [1.165, 1.54) is 6.42 Å². The van der Waals surface area contributed by atoms with E-state index >= 15 is 0 Å². The lowest BCUT2D eigenvalue weighted by Crippen LogP contribution is -2.52. The summed E-state index contributed by atoms with van der Waals surface area (Å²) in [6.07, 6.45) is 7.90. The first-order chi connectivity index (χ1) is 12.4. The van der Waals surface area contributed by atoms with E-state index in [2.05, 4.69) is 34.5 Å². The van der Waals surface area contributed by atoms with Gasteiger partial charge in [0.2, 0.25) is 0 Å². The highest BCUT2D eigenvalue weighted by molar-refractivity contribution is 5.90. The maximum Gasteiger partial charge on any atom is 0.319 e. The number of aromatic nitrogens is 2. The van der Waals surface area contributed by atoms with E-state index in [9.17, 15) is 9.90 Å². The summed E-state index contributed by atoms with van der Waals surface area (Å²) in [5.74, 6) is 0.261. The molecule has 0 bridgehead atoms. The van der Waals surface area contributed by atoms with E-state index in [1.807, 2.05) is 13.2 Å². The van der Waals surface area contributed by atoms with Crippen LogP contribution in [-0.2, 0) is 7.05 Å². The van der Waals surface area contributed by atoms with E-state index < -0.39 is 0 Å². The molecule has 2 amide bonds. The summed E-state index contributed by atoms with van der Waals surface area (Å²) in [7, 11) is 1.87. The molecule has 3 rings (SSSR count). The Morgan fingerprint density at radius 3 is 2.58 bits per heavy atom. The molecule has 7 nitrogen and oxygen atoms in total. The van der Waals surface area contributed by atoms with E-state index in [0.29, 0.717) is 6.04 Å². The molecule has 2 unspecified atom stereocenters. The summed E-state index contributed by atoms with van der Waals surface area (Å²) in [4.78, 5) is 14.8. The van der Waals surface area contributed by atoms with E-state index in [-0.39, 0.29) is 24.1 Å². The van der Waals surface area contributed by atoms with Gasteiger partial charge in [0, 0.05) is 38.4 Å². The molecule has 2 heterocycles. The first-order valence-corrected chi connectivity index (χ1v) is 9.97. The fraction of sp³-hybridized carbons (Fsp3) is 0.789. The maximum atomic E-state index is 12.4. The molecule has 146 valence electrons. The first kappa shape index (κ1) is 19.2. The number of aryl methyl sites for hydroxylation is 1. The zero-order valence-electron chi connectivity index (χ0n) is 16.2. The van der Waals surface area contributed by atoms with Gasteiger partial charge in [-0.2, -0.15) is 5.10 Å². The summed E-state index contributed by atoms with van der Waals surface area (Å²) in [5, 5.41) is 20.7. The van der Waals surface area contributed by atoms with Gasteiger partial charge in [0.05, 0.1) is 17.5 Å². The van der Waals surface area contributed by atoms with Gasteiger partial charge >= 0.3 is 6.03 Å². The molecule has 1 aliphatic heterocycles. The van der Waals surface area contributed by atoms with Gasteiger partial charge < -0.3 is 15.7 Å². The van der Waals surface area contributed by atoms with Crippen LogP contribution in [0.2, 0.25) is 0 Å². The summed E-state index contributed by atoms with van der Waals surface area (Å²) in [6.45, 7) is 6.02. The minimum atomic E-state index is -0.184. The lowest BCUT2D eigenvalue weighted by Gasteiger charge is -2.41. The van der Waals surface area contributed by atoms with E-state index in [1.54, 1.807) is 4.68 Å². The van der Waals surface area contributed by atoms with Crippen molar-refractivity contribution in [2.24, 2.45) is 7.05 Å². The average molecular weight is 364 g/mol. The van der Waals surface area contributed by atoms with Gasteiger partial charge in [0.15, 0.2) is 0 Å². The highest BCUT2D eigenvalue weighted by Crippen LogP contribution is 2.26. The lowest BCUT2D eigenvalue weighted by molar-refractivity contribution is 0.00786. The predicted octanol–water partition coefficient (Wildman–Crippen LogP) is 2.43. The summed E-state index contributed by atoms with van der Waals surface area (Å²) < 4.78 is 1.74. The molecule has 1 saturated heterocycles. The molecular formula is C19H33N5O2. The van der Waals surface area contributed by atoms with Crippen LogP contribution in [0, 0.1) is 0 Å². The van der Waals surface area contributed by atoms with E-state index in [0.717, 1.165) is 56.6 Å². The van der Waals surface area contributed by atoms with Crippen LogP contribution in [0.4, 0.5) is 10.5 Å². The van der Waals surface area contributed by atoms with Crippen LogP contribution >= 0.6 is 0 Å². The smallest absolute Gasteiger partial charge is 0.319 e. The second-order valence-corrected chi connectivity index (χ2v) is 8.08. The molecule has 3 N–H and O–H groups in total. The van der Waals surface area contributed by atoms with Crippen molar-refractivity contribution < 1.29 is 9.90 Å². The number of aliphatic hydroxyl groups excluding tert-OH is 1. The Kier molecular flexibility index (Phi) is 6.19. The number of anilines is 1. The van der Waals surface area contributed by atoms with E-state index in [4.69, 9.17) is 0 Å². The normalized spacial score (nSPS) is 25.4. The largest absolute Gasteiger partial charge is 0.391 e. The Bertz CT molecular complexity index is 607. The SMILES string of the molecule is CC(C)c1nn(C)cc1NC(=O)NC1CCN(C2CCCCC2O)CC1. The van der Waals surface area contributed by atoms with Crippen molar-refractivity contribution >= 4 is 11.7 Å². The maximum absolute atomic E-state index is 12.4. The van der Waals surface area contributed by atoms with Gasteiger partial charge in [-0.05, 0) is 31.6 Å². The highest BCUT2D eigenvalue weighted by Gasteiger charge is 2.31. The van der Waals surface area contributed by atoms with Crippen LogP contribution in [-0.4, -0.2) is 57.1 Å². The molecule has 1 aromatic heterocycles. The van der Waals surface area contributed by atoms with Crippen molar-refractivity contribution in [2.45, 2.75) is 76.5 Å². The summed E-state index contributed by atoms with van der Waals surface area (Å²) in [6, 6.07) is 0.338. The number of nitrogens with zero attached hydrogens (tertiary/aromatic N) is 3. The molecular weight excluding hydrogens is 330 g/mol. The molecule has 0 spiro atoms. The minimum Gasteiger partial charge on any atom is -0.391 e. The Morgan fingerprint density at radius 1 is 1.23 bits per heavy atom. The number of rotatable bonds is 4. The van der Waals surface area contributed by atoms with Crippen LogP contribution in [0.3, 0.4) is 0 Å². The third-order valence-electron chi connectivity index (χ3n) is 5.68. The van der Waals surface area contributed by atoms with Gasteiger partial charge in [0.1, 0.15) is 0 Å². The lowest BCUT2D eigenvalue weighted by atomic mass is 9.89. The van der Waals surface area contributed by atoms with Crippen LogP contribution < -0.4 is 10.6 Å². The van der Waals surface area contributed by atoms with Crippen LogP contribution in [0.1, 0.15) is 64.0 Å². The number of amides is 2. The number of urea groups is 1. The number of carbonyl (C=O) groups excluding carboxylic acids is 1. The van der Waals surface area contributed by atoms with Crippen LogP contribution in [0.25, 0.3) is 0 Å². The number of hydrogen-bond acceptors (Lipinski definition) is 4. The van der Waals surface area contributed by atoms with Crippen molar-refractivity contribution in [3.8, 4) is 0 Å². The van der Waals surface area contributed by atoms with Gasteiger partial charge in [-0.1, -0.05) is 26.7 Å². The van der Waals surface area contributed by atoms with Crippen LogP contribution in [0.5, 0.6) is 0 Å². The Balaban J connectivity index is 1.48. The number of nitrogens with one attached hydrogen (secondary N) is 2. The van der Waals surface area contributed by atoms with Gasteiger partial charge in [-0.3, -0.25) is 9.58 Å². The standard InChI is InChI=1S/C19H33N5O2/c1-13(2)18-15(12-23(3)22-18)21-19(26)20-14-8-10-24(11-9-14)16-6-4-5-7-17(16)25/h12-14,16-17,25H,4-11H2,1-3H3,(H2,20,21,26). The number of aliphatic hydroxyl groups is 1. The number of hydrogen-bond donors (Lipinski definition) is 3. The number of likely N-dealkylation sites (tertiary alicyclic amines) is 1. The van der Waals surface area contributed by atoms with Gasteiger partial charge in [0.25, 0.3) is 0 Å². The third kappa shape index (κ3) is 4.57. The molecule has 0 aromatic carbocycles. The monoisotopic (exact) mass is 363 g/mol. The molecule has 1 aromatic rings. The molecule has 2 aliphatic rings. The van der Waals surface area contributed by atoms with Gasteiger partial charge in [-0.25, -0.2) is 4.79 Å².